The fraction of sp³-hybridized carbons (Fsp3) is 0.607. The molecule has 13 nitrogen and oxygen atoms in total. The highest BCUT2D eigenvalue weighted by atomic mass is 19.3. The summed E-state index contributed by atoms with van der Waals surface area (Å²) in [7, 11) is 0. The normalized spacial score (nSPS) is 16.2. The Bertz CT molecular complexity index is 1240. The second-order valence-corrected chi connectivity index (χ2v) is 10.5. The number of morpholine rings is 1. The van der Waals surface area contributed by atoms with Crippen LogP contribution in [0, 0.1) is 5.92 Å². The van der Waals surface area contributed by atoms with Gasteiger partial charge in [-0.15, -0.1) is 0 Å². The summed E-state index contributed by atoms with van der Waals surface area (Å²) in [5.74, 6) is 1.03. The second kappa shape index (κ2) is 16.0. The molecular weight excluding hydrogens is 562 g/mol. The van der Waals surface area contributed by atoms with Gasteiger partial charge in [0.25, 0.3) is 6.43 Å². The van der Waals surface area contributed by atoms with Gasteiger partial charge in [0.05, 0.1) is 18.8 Å². The minimum Gasteiger partial charge on any atom is -0.378 e. The van der Waals surface area contributed by atoms with Crippen molar-refractivity contribution in [2.24, 2.45) is 5.92 Å². The smallest absolute Gasteiger partial charge is 0.281 e. The predicted molar refractivity (Wildman–Crippen MR) is 158 cm³/mol. The molecule has 3 N–H and O–H groups in total. The van der Waals surface area contributed by atoms with E-state index in [1.165, 1.54) is 6.20 Å². The Hall–Kier alpha value is -4.01. The van der Waals surface area contributed by atoms with Gasteiger partial charge in [-0.25, -0.2) is 18.7 Å². The SMILES string of the molecule is C/C=C/C(=O)N1CCC(CCCCN(CCNC=O)c2nc(-c3cnc(N)nc3C(F)F)nc(N3CCOCC3)n2)CC1. The van der Waals surface area contributed by atoms with Crippen molar-refractivity contribution >= 4 is 30.2 Å². The molecule has 0 saturated carbocycles. The van der Waals surface area contributed by atoms with Crippen molar-refractivity contribution in [1.82, 2.24) is 35.1 Å². The zero-order valence-electron chi connectivity index (χ0n) is 24.5. The van der Waals surface area contributed by atoms with Crippen molar-refractivity contribution < 1.29 is 23.1 Å². The minimum atomic E-state index is -2.91. The monoisotopic (exact) mass is 602 g/mol. The largest absolute Gasteiger partial charge is 0.378 e. The lowest BCUT2D eigenvalue weighted by molar-refractivity contribution is -0.127. The Balaban J connectivity index is 1.51. The molecule has 2 aliphatic rings. The lowest BCUT2D eigenvalue weighted by Crippen LogP contribution is -2.39. The fourth-order valence-electron chi connectivity index (χ4n) is 5.26. The van der Waals surface area contributed by atoms with E-state index in [1.54, 1.807) is 12.2 Å². The number of carbonyl (C=O) groups excluding carboxylic acids is 2. The number of anilines is 3. The highest BCUT2D eigenvalue weighted by Crippen LogP contribution is 2.30. The van der Waals surface area contributed by atoms with Crippen molar-refractivity contribution in [3.8, 4) is 11.4 Å². The van der Waals surface area contributed by atoms with Crippen LogP contribution in [0.1, 0.15) is 51.1 Å². The minimum absolute atomic E-state index is 0.0208. The first kappa shape index (κ1) is 31.9. The number of nitrogens with two attached hydrogens (primary N) is 1. The Labute approximate surface area is 249 Å². The van der Waals surface area contributed by atoms with E-state index in [2.05, 4.69) is 25.3 Å². The van der Waals surface area contributed by atoms with Crippen LogP contribution >= 0.6 is 0 Å². The number of hydrogen-bond donors (Lipinski definition) is 2. The van der Waals surface area contributed by atoms with Gasteiger partial charge in [0, 0.05) is 52.0 Å². The number of unbranched alkanes of at least 4 members (excludes halogenated alkanes) is 1. The first-order chi connectivity index (χ1) is 20.9. The summed E-state index contributed by atoms with van der Waals surface area (Å²) in [4.78, 5) is 50.4. The van der Waals surface area contributed by atoms with Crippen LogP contribution in [0.5, 0.6) is 0 Å². The van der Waals surface area contributed by atoms with E-state index < -0.39 is 12.1 Å². The molecule has 15 heteroatoms. The van der Waals surface area contributed by atoms with Crippen LogP contribution < -0.4 is 20.9 Å². The molecule has 4 heterocycles. The standard InChI is InChI=1S/C28H40F2N10O3/c1-2-5-22(42)38-11-7-20(8-12-38)6-3-4-10-39(13-9-32-19-41)27-35-25(21-18-33-26(31)34-23(21)24(29)30)36-28(37-27)40-14-16-43-17-15-40/h2,5,18-20,24H,3-4,6-17H2,1H3,(H,32,41)(H2,31,33,34)/b5-2+. The number of halogens is 2. The quantitative estimate of drug-likeness (QED) is 0.186. The number of aromatic nitrogens is 5. The molecule has 2 saturated heterocycles. The maximum Gasteiger partial charge on any atom is 0.281 e. The first-order valence-corrected chi connectivity index (χ1v) is 14.7. The Morgan fingerprint density at radius 2 is 1.91 bits per heavy atom. The van der Waals surface area contributed by atoms with Crippen LogP contribution in [0.3, 0.4) is 0 Å². The Kier molecular flexibility index (Phi) is 11.9. The molecule has 0 bridgehead atoms. The predicted octanol–water partition coefficient (Wildman–Crippen LogP) is 2.22. The van der Waals surface area contributed by atoms with E-state index in [1.807, 2.05) is 21.6 Å². The van der Waals surface area contributed by atoms with Gasteiger partial charge in [0.15, 0.2) is 5.82 Å². The van der Waals surface area contributed by atoms with Crippen LogP contribution in [-0.4, -0.2) is 101 Å². The van der Waals surface area contributed by atoms with Crippen LogP contribution in [0.4, 0.5) is 26.6 Å². The first-order valence-electron chi connectivity index (χ1n) is 14.7. The highest BCUT2D eigenvalue weighted by Gasteiger charge is 2.25. The zero-order chi connectivity index (χ0) is 30.6. The van der Waals surface area contributed by atoms with E-state index in [0.717, 1.165) is 45.2 Å². The van der Waals surface area contributed by atoms with Crippen LogP contribution in [-0.2, 0) is 14.3 Å². The summed E-state index contributed by atoms with van der Waals surface area (Å²) in [5, 5.41) is 2.68. The van der Waals surface area contributed by atoms with E-state index >= 15 is 0 Å². The van der Waals surface area contributed by atoms with Gasteiger partial charge >= 0.3 is 0 Å². The van der Waals surface area contributed by atoms with Crippen molar-refractivity contribution in [2.75, 3.05) is 74.6 Å². The second-order valence-electron chi connectivity index (χ2n) is 10.5. The Morgan fingerprint density at radius 1 is 1.14 bits per heavy atom. The number of allylic oxidation sites excluding steroid dienone is 1. The average Bonchev–Trinajstić information content (AvgIpc) is 3.02. The molecule has 234 valence electrons. The number of rotatable bonds is 14. The molecule has 0 unspecified atom stereocenters. The highest BCUT2D eigenvalue weighted by molar-refractivity contribution is 5.87. The number of nitrogens with one attached hydrogen (secondary N) is 1. The van der Waals surface area contributed by atoms with Gasteiger partial charge in [-0.1, -0.05) is 18.9 Å². The molecular formula is C28H40F2N10O3. The van der Waals surface area contributed by atoms with Gasteiger partial charge < -0.3 is 30.5 Å². The summed E-state index contributed by atoms with van der Waals surface area (Å²) in [6.07, 6.45) is 7.10. The third kappa shape index (κ3) is 8.99. The van der Waals surface area contributed by atoms with E-state index in [0.29, 0.717) is 70.2 Å². The van der Waals surface area contributed by atoms with E-state index in [-0.39, 0.29) is 23.2 Å². The van der Waals surface area contributed by atoms with Crippen LogP contribution in [0.2, 0.25) is 0 Å². The maximum atomic E-state index is 13.9. The third-order valence-corrected chi connectivity index (χ3v) is 7.61. The molecule has 43 heavy (non-hydrogen) atoms. The summed E-state index contributed by atoms with van der Waals surface area (Å²) >= 11 is 0. The summed E-state index contributed by atoms with van der Waals surface area (Å²) in [5.41, 5.74) is 5.02. The number of amides is 2. The summed E-state index contributed by atoms with van der Waals surface area (Å²) in [6, 6.07) is 0. The molecule has 0 aliphatic carbocycles. The molecule has 2 fully saturated rings. The molecule has 0 radical (unpaired) electrons. The van der Waals surface area contributed by atoms with Crippen LogP contribution in [0.15, 0.2) is 18.3 Å². The number of alkyl halides is 2. The van der Waals surface area contributed by atoms with Gasteiger partial charge in [0.1, 0.15) is 5.69 Å². The van der Waals surface area contributed by atoms with E-state index in [4.69, 9.17) is 15.5 Å². The maximum absolute atomic E-state index is 13.9. The molecule has 2 aromatic rings. The molecule has 0 aromatic carbocycles. The van der Waals surface area contributed by atoms with E-state index in [9.17, 15) is 18.4 Å². The lowest BCUT2D eigenvalue weighted by atomic mass is 9.91. The number of nitrogen functional groups attached to an aromatic ring is 1. The molecule has 0 atom stereocenters. The topological polar surface area (TPSA) is 156 Å². The van der Waals surface area contributed by atoms with Crippen molar-refractivity contribution in [3.05, 3.63) is 24.0 Å². The van der Waals surface area contributed by atoms with Crippen molar-refractivity contribution in [1.29, 1.82) is 0 Å². The number of nitrogens with zero attached hydrogens (tertiary/aromatic N) is 8. The van der Waals surface area contributed by atoms with Crippen molar-refractivity contribution in [2.45, 2.75) is 45.5 Å². The third-order valence-electron chi connectivity index (χ3n) is 7.61. The number of piperidine rings is 1. The summed E-state index contributed by atoms with van der Waals surface area (Å²) < 4.78 is 33.4. The molecule has 2 aromatic heterocycles. The van der Waals surface area contributed by atoms with Gasteiger partial charge in [-0.2, -0.15) is 15.0 Å². The van der Waals surface area contributed by atoms with Gasteiger partial charge in [0.2, 0.25) is 30.2 Å². The molecule has 4 rings (SSSR count). The Morgan fingerprint density at radius 3 is 2.60 bits per heavy atom. The molecule has 2 aliphatic heterocycles. The summed E-state index contributed by atoms with van der Waals surface area (Å²) in [6.45, 7) is 6.78. The number of hydrogen-bond acceptors (Lipinski definition) is 11. The number of ether oxygens (including phenoxy) is 1. The van der Waals surface area contributed by atoms with Gasteiger partial charge in [-0.3, -0.25) is 9.59 Å². The van der Waals surface area contributed by atoms with Crippen LogP contribution in [0.25, 0.3) is 11.4 Å². The molecule has 2 amide bonds. The van der Waals surface area contributed by atoms with Crippen molar-refractivity contribution in [3.63, 3.8) is 0 Å². The zero-order valence-corrected chi connectivity index (χ0v) is 24.5. The number of likely N-dealkylation sites (tertiary alicyclic amines) is 1. The number of carbonyl (C=O) groups is 2. The molecule has 0 spiro atoms. The average molecular weight is 603 g/mol. The fourth-order valence-corrected chi connectivity index (χ4v) is 5.26. The lowest BCUT2D eigenvalue weighted by Gasteiger charge is -2.31. The van der Waals surface area contributed by atoms with Gasteiger partial charge in [-0.05, 0) is 38.2 Å².